The van der Waals surface area contributed by atoms with E-state index in [4.69, 9.17) is 21.2 Å². The van der Waals surface area contributed by atoms with Crippen molar-refractivity contribution in [3.05, 3.63) is 29.0 Å². The average molecular weight is 381 g/mol. The number of urea groups is 1. The Bertz CT molecular complexity index is 776. The molecule has 1 aromatic carbocycles. The summed E-state index contributed by atoms with van der Waals surface area (Å²) in [7, 11) is 0. The Balaban J connectivity index is 2.08. The van der Waals surface area contributed by atoms with Crippen molar-refractivity contribution >= 4 is 29.3 Å². The monoisotopic (exact) mass is 380 g/mol. The molecule has 26 heavy (non-hydrogen) atoms. The van der Waals surface area contributed by atoms with Crippen LogP contribution in [0.3, 0.4) is 0 Å². The predicted molar refractivity (Wildman–Crippen MR) is 97.2 cm³/mol. The lowest BCUT2D eigenvalue weighted by molar-refractivity contribution is -0.137. The van der Waals surface area contributed by atoms with Gasteiger partial charge in [-0.2, -0.15) is 4.98 Å². The van der Waals surface area contributed by atoms with Crippen molar-refractivity contribution in [2.45, 2.75) is 33.1 Å². The number of carboxylic acids is 1. The number of aromatic nitrogens is 2. The van der Waals surface area contributed by atoms with Crippen LogP contribution in [0.5, 0.6) is 0 Å². The van der Waals surface area contributed by atoms with E-state index in [1.165, 1.54) is 0 Å². The second-order valence-electron chi connectivity index (χ2n) is 6.18. The van der Waals surface area contributed by atoms with Crippen LogP contribution in [0.15, 0.2) is 22.7 Å². The summed E-state index contributed by atoms with van der Waals surface area (Å²) < 4.78 is 5.30. The summed E-state index contributed by atoms with van der Waals surface area (Å²) in [5.41, 5.74) is 0.977. The van der Waals surface area contributed by atoms with Gasteiger partial charge in [0.2, 0.25) is 0 Å². The van der Waals surface area contributed by atoms with Crippen LogP contribution in [0.25, 0.3) is 11.5 Å². The molecule has 140 valence electrons. The van der Waals surface area contributed by atoms with Crippen molar-refractivity contribution in [2.75, 3.05) is 11.9 Å². The van der Waals surface area contributed by atoms with Crippen LogP contribution in [0, 0.1) is 5.92 Å². The molecule has 2 rings (SSSR count). The number of rotatable bonds is 8. The minimum absolute atomic E-state index is 0.00686. The van der Waals surface area contributed by atoms with Crippen LogP contribution in [-0.4, -0.2) is 33.8 Å². The molecule has 0 aliphatic carbocycles. The number of anilines is 1. The van der Waals surface area contributed by atoms with E-state index in [0.717, 1.165) is 0 Å². The Morgan fingerprint density at radius 2 is 2.12 bits per heavy atom. The number of carbonyl (C=O) groups is 2. The van der Waals surface area contributed by atoms with Crippen molar-refractivity contribution in [3.8, 4) is 11.5 Å². The van der Waals surface area contributed by atoms with Gasteiger partial charge in [0, 0.05) is 24.4 Å². The van der Waals surface area contributed by atoms with Crippen LogP contribution in [-0.2, 0) is 11.2 Å². The number of halogens is 1. The van der Waals surface area contributed by atoms with Gasteiger partial charge in [-0.15, -0.1) is 0 Å². The fourth-order valence-electron chi connectivity index (χ4n) is 2.22. The summed E-state index contributed by atoms with van der Waals surface area (Å²) in [5.74, 6) is 0.332. The number of nitrogens with zero attached hydrogens (tertiary/aromatic N) is 2. The van der Waals surface area contributed by atoms with Crippen LogP contribution in [0.4, 0.5) is 10.5 Å². The van der Waals surface area contributed by atoms with Gasteiger partial charge in [0.15, 0.2) is 5.82 Å². The van der Waals surface area contributed by atoms with E-state index < -0.39 is 12.0 Å². The number of nitrogens with one attached hydrogen (secondary N) is 2. The lowest BCUT2D eigenvalue weighted by Crippen LogP contribution is -2.30. The molecule has 2 amide bonds. The highest BCUT2D eigenvalue weighted by Gasteiger charge is 2.16. The maximum absolute atomic E-state index is 12.0. The molecule has 2 aromatic rings. The van der Waals surface area contributed by atoms with Gasteiger partial charge >= 0.3 is 12.0 Å². The number of hydrogen-bond acceptors (Lipinski definition) is 5. The highest BCUT2D eigenvalue weighted by molar-refractivity contribution is 6.31. The second kappa shape index (κ2) is 9.19. The summed E-state index contributed by atoms with van der Waals surface area (Å²) >= 11 is 6.05. The van der Waals surface area contributed by atoms with E-state index in [-0.39, 0.29) is 18.9 Å². The maximum atomic E-state index is 12.0. The molecule has 0 radical (unpaired) electrons. The predicted octanol–water partition coefficient (Wildman–Crippen LogP) is 3.57. The zero-order valence-electron chi connectivity index (χ0n) is 14.6. The number of amides is 2. The van der Waals surface area contributed by atoms with Gasteiger partial charge in [-0.1, -0.05) is 30.6 Å². The molecule has 0 fully saturated rings. The third kappa shape index (κ3) is 6.03. The van der Waals surface area contributed by atoms with Gasteiger partial charge in [0.05, 0.1) is 11.3 Å². The molecule has 0 spiro atoms. The molecule has 0 aliphatic rings. The first-order valence-corrected chi connectivity index (χ1v) is 8.62. The van der Waals surface area contributed by atoms with Crippen LogP contribution >= 0.6 is 11.6 Å². The molecule has 8 nitrogen and oxygen atoms in total. The summed E-state index contributed by atoms with van der Waals surface area (Å²) in [6, 6.07) is 4.45. The molecule has 0 bridgehead atoms. The zero-order chi connectivity index (χ0) is 19.1. The van der Waals surface area contributed by atoms with Gasteiger partial charge in [-0.05, 0) is 30.5 Å². The maximum Gasteiger partial charge on any atom is 0.319 e. The SMILES string of the molecule is CC(C)Cc1noc(-c2cc(Cl)ccc2NC(=O)NCCCC(=O)O)n1. The largest absolute Gasteiger partial charge is 0.481 e. The topological polar surface area (TPSA) is 117 Å². The second-order valence-corrected chi connectivity index (χ2v) is 6.62. The number of aliphatic carboxylic acids is 1. The van der Waals surface area contributed by atoms with Crippen LogP contribution < -0.4 is 10.6 Å². The Hall–Kier alpha value is -2.61. The first kappa shape index (κ1) is 19.7. The van der Waals surface area contributed by atoms with Crippen LogP contribution in [0.2, 0.25) is 5.02 Å². The molecule has 9 heteroatoms. The van der Waals surface area contributed by atoms with E-state index in [2.05, 4.69) is 34.6 Å². The third-order valence-electron chi connectivity index (χ3n) is 3.37. The zero-order valence-corrected chi connectivity index (χ0v) is 15.3. The molecular weight excluding hydrogens is 360 g/mol. The smallest absolute Gasteiger partial charge is 0.319 e. The number of hydrogen-bond donors (Lipinski definition) is 3. The Morgan fingerprint density at radius 1 is 1.35 bits per heavy atom. The summed E-state index contributed by atoms with van der Waals surface area (Å²) in [4.78, 5) is 26.8. The van der Waals surface area contributed by atoms with Gasteiger partial charge in [-0.25, -0.2) is 4.79 Å². The quantitative estimate of drug-likeness (QED) is 0.602. The van der Waals surface area contributed by atoms with Gasteiger partial charge in [0.1, 0.15) is 0 Å². The van der Waals surface area contributed by atoms with Crippen molar-refractivity contribution in [1.29, 1.82) is 0 Å². The minimum atomic E-state index is -0.902. The minimum Gasteiger partial charge on any atom is -0.481 e. The van der Waals surface area contributed by atoms with E-state index in [9.17, 15) is 9.59 Å². The average Bonchev–Trinajstić information content (AvgIpc) is 3.00. The molecule has 1 heterocycles. The van der Waals surface area contributed by atoms with Gasteiger partial charge < -0.3 is 20.3 Å². The molecular formula is C17H21ClN4O4. The fourth-order valence-corrected chi connectivity index (χ4v) is 2.39. The van der Waals surface area contributed by atoms with Crippen molar-refractivity contribution in [2.24, 2.45) is 5.92 Å². The summed E-state index contributed by atoms with van der Waals surface area (Å²) in [6.45, 7) is 4.36. The van der Waals surface area contributed by atoms with E-state index in [1.807, 2.05) is 0 Å². The first-order valence-electron chi connectivity index (χ1n) is 8.24. The molecule has 1 aromatic heterocycles. The molecule has 0 saturated heterocycles. The fraction of sp³-hybridized carbons (Fsp3) is 0.412. The number of carbonyl (C=O) groups excluding carboxylic acids is 1. The Morgan fingerprint density at radius 3 is 2.81 bits per heavy atom. The van der Waals surface area contributed by atoms with E-state index in [0.29, 0.717) is 40.9 Å². The lowest BCUT2D eigenvalue weighted by atomic mass is 10.1. The van der Waals surface area contributed by atoms with Crippen LogP contribution in [0.1, 0.15) is 32.5 Å². The third-order valence-corrected chi connectivity index (χ3v) is 3.61. The van der Waals surface area contributed by atoms with Crippen molar-refractivity contribution in [3.63, 3.8) is 0 Å². The molecule has 0 unspecified atom stereocenters. The Kier molecular flexibility index (Phi) is 6.97. The molecule has 0 aliphatic heterocycles. The highest BCUT2D eigenvalue weighted by Crippen LogP contribution is 2.30. The highest BCUT2D eigenvalue weighted by atomic mass is 35.5. The molecule has 3 N–H and O–H groups in total. The Labute approximate surface area is 155 Å². The number of carboxylic acid groups (broad SMARTS) is 1. The first-order chi connectivity index (χ1) is 12.3. The summed E-state index contributed by atoms with van der Waals surface area (Å²) in [5, 5.41) is 18.3. The number of benzene rings is 1. The van der Waals surface area contributed by atoms with E-state index in [1.54, 1.807) is 18.2 Å². The van der Waals surface area contributed by atoms with Gasteiger partial charge in [0.25, 0.3) is 5.89 Å². The lowest BCUT2D eigenvalue weighted by Gasteiger charge is -2.10. The standard InChI is InChI=1S/C17H21ClN4O4/c1-10(2)8-14-21-16(26-22-14)12-9-11(18)5-6-13(12)20-17(25)19-7-3-4-15(23)24/h5-6,9-10H,3-4,7-8H2,1-2H3,(H,23,24)(H2,19,20,25). The van der Waals surface area contributed by atoms with Gasteiger partial charge in [-0.3, -0.25) is 4.79 Å². The molecule has 0 saturated carbocycles. The normalized spacial score (nSPS) is 10.8. The molecule has 0 atom stereocenters. The van der Waals surface area contributed by atoms with E-state index >= 15 is 0 Å². The van der Waals surface area contributed by atoms with Crippen molar-refractivity contribution < 1.29 is 19.2 Å². The summed E-state index contributed by atoms with van der Waals surface area (Å²) in [6.07, 6.45) is 1.02. The van der Waals surface area contributed by atoms with Crippen molar-refractivity contribution in [1.82, 2.24) is 15.5 Å².